The van der Waals surface area contributed by atoms with Gasteiger partial charge in [0.15, 0.2) is 0 Å². The maximum absolute atomic E-state index is 3.42. The molecule has 0 aromatic heterocycles. The van der Waals surface area contributed by atoms with Gasteiger partial charge >= 0.3 is 0 Å². The molecule has 0 aliphatic carbocycles. The minimum absolute atomic E-state index is 0.578. The van der Waals surface area contributed by atoms with Gasteiger partial charge in [-0.15, -0.1) is 0 Å². The monoisotopic (exact) mass is 156 g/mol. The molecule has 66 valence electrons. The van der Waals surface area contributed by atoms with Crippen molar-refractivity contribution in [3.05, 3.63) is 11.8 Å². The third-order valence-electron chi connectivity index (χ3n) is 1.76. The van der Waals surface area contributed by atoms with Crippen molar-refractivity contribution in [3.63, 3.8) is 0 Å². The average Bonchev–Trinajstić information content (AvgIpc) is 2.03. The first-order valence-electron chi connectivity index (χ1n) is 4.30. The molecule has 0 bridgehead atoms. The third kappa shape index (κ3) is 4.85. The molecule has 0 saturated carbocycles. The van der Waals surface area contributed by atoms with E-state index in [1.807, 2.05) is 7.05 Å². The largest absolute Gasteiger partial charge is 0.385 e. The predicted octanol–water partition coefficient (Wildman–Crippen LogP) is 1.50. The van der Waals surface area contributed by atoms with Crippen LogP contribution in [0, 0.1) is 0 Å². The lowest BCUT2D eigenvalue weighted by atomic mass is 10.2. The average molecular weight is 156 g/mol. The molecule has 1 unspecified atom stereocenters. The molecule has 0 rings (SSSR count). The SMILES string of the molecule is C/C=C(/CNC)NC(C)CC. The lowest BCUT2D eigenvalue weighted by molar-refractivity contribution is 0.579. The van der Waals surface area contributed by atoms with E-state index < -0.39 is 0 Å². The Labute approximate surface area is 70.1 Å². The minimum atomic E-state index is 0.578. The Balaban J connectivity index is 3.69. The molecule has 0 amide bonds. The summed E-state index contributed by atoms with van der Waals surface area (Å²) in [7, 11) is 1.96. The summed E-state index contributed by atoms with van der Waals surface area (Å²) < 4.78 is 0. The van der Waals surface area contributed by atoms with Gasteiger partial charge in [0, 0.05) is 18.3 Å². The molecule has 0 radical (unpaired) electrons. The van der Waals surface area contributed by atoms with Crippen LogP contribution >= 0.6 is 0 Å². The molecule has 2 nitrogen and oxygen atoms in total. The van der Waals surface area contributed by atoms with Crippen LogP contribution in [0.2, 0.25) is 0 Å². The summed E-state index contributed by atoms with van der Waals surface area (Å²) in [6.45, 7) is 7.37. The number of rotatable bonds is 5. The summed E-state index contributed by atoms with van der Waals surface area (Å²) in [5.74, 6) is 0. The van der Waals surface area contributed by atoms with E-state index in [1.54, 1.807) is 0 Å². The van der Waals surface area contributed by atoms with E-state index in [1.165, 1.54) is 12.1 Å². The quantitative estimate of drug-likeness (QED) is 0.630. The van der Waals surface area contributed by atoms with Crippen LogP contribution in [0.25, 0.3) is 0 Å². The van der Waals surface area contributed by atoms with Crippen LogP contribution in [0.15, 0.2) is 11.8 Å². The first kappa shape index (κ1) is 10.5. The predicted molar refractivity (Wildman–Crippen MR) is 50.6 cm³/mol. The van der Waals surface area contributed by atoms with E-state index in [0.717, 1.165) is 6.54 Å². The van der Waals surface area contributed by atoms with Gasteiger partial charge in [0.2, 0.25) is 0 Å². The highest BCUT2D eigenvalue weighted by Gasteiger charge is 1.98. The molecular formula is C9H20N2. The fourth-order valence-corrected chi connectivity index (χ4v) is 0.845. The molecule has 1 atom stereocenters. The second kappa shape index (κ2) is 6.23. The Morgan fingerprint density at radius 3 is 2.55 bits per heavy atom. The Morgan fingerprint density at radius 1 is 1.55 bits per heavy atom. The molecule has 0 aliphatic rings. The molecule has 2 N–H and O–H groups in total. The van der Waals surface area contributed by atoms with Crippen molar-refractivity contribution >= 4 is 0 Å². The molecule has 0 aromatic rings. The highest BCUT2D eigenvalue weighted by molar-refractivity contribution is 5.00. The zero-order chi connectivity index (χ0) is 8.69. The van der Waals surface area contributed by atoms with Crippen molar-refractivity contribution in [2.75, 3.05) is 13.6 Å². The molecule has 0 aliphatic heterocycles. The zero-order valence-corrected chi connectivity index (χ0v) is 8.07. The van der Waals surface area contributed by atoms with E-state index in [2.05, 4.69) is 37.5 Å². The maximum Gasteiger partial charge on any atom is 0.0348 e. The Kier molecular flexibility index (Phi) is 5.94. The molecule has 0 fully saturated rings. The minimum Gasteiger partial charge on any atom is -0.385 e. The highest BCUT2D eigenvalue weighted by atomic mass is 15.0. The second-order valence-corrected chi connectivity index (χ2v) is 2.80. The Morgan fingerprint density at radius 2 is 2.18 bits per heavy atom. The van der Waals surface area contributed by atoms with E-state index in [9.17, 15) is 0 Å². The number of nitrogens with one attached hydrogen (secondary N) is 2. The van der Waals surface area contributed by atoms with Crippen molar-refractivity contribution in [2.45, 2.75) is 33.2 Å². The van der Waals surface area contributed by atoms with Crippen LogP contribution in [-0.2, 0) is 0 Å². The van der Waals surface area contributed by atoms with Gasteiger partial charge < -0.3 is 10.6 Å². The third-order valence-corrected chi connectivity index (χ3v) is 1.76. The zero-order valence-electron chi connectivity index (χ0n) is 8.07. The van der Waals surface area contributed by atoms with Crippen molar-refractivity contribution in [2.24, 2.45) is 0 Å². The summed E-state index contributed by atoms with van der Waals surface area (Å²) >= 11 is 0. The van der Waals surface area contributed by atoms with Crippen LogP contribution < -0.4 is 10.6 Å². The second-order valence-electron chi connectivity index (χ2n) is 2.80. The summed E-state index contributed by atoms with van der Waals surface area (Å²) in [5, 5.41) is 6.53. The molecule has 0 aromatic carbocycles. The molecular weight excluding hydrogens is 136 g/mol. The molecule has 2 heteroatoms. The lowest BCUT2D eigenvalue weighted by Gasteiger charge is -2.15. The molecule has 0 saturated heterocycles. The topological polar surface area (TPSA) is 24.1 Å². The molecule has 0 spiro atoms. The number of allylic oxidation sites excluding steroid dienone is 1. The van der Waals surface area contributed by atoms with Gasteiger partial charge in [-0.3, -0.25) is 0 Å². The van der Waals surface area contributed by atoms with Gasteiger partial charge in [-0.1, -0.05) is 13.0 Å². The standard InChI is InChI=1S/C9H20N2/c1-5-8(3)11-9(6-2)7-10-4/h6,8,10-11H,5,7H2,1-4H3/b9-6-. The van der Waals surface area contributed by atoms with Gasteiger partial charge in [0.1, 0.15) is 0 Å². The number of likely N-dealkylation sites (N-methyl/N-ethyl adjacent to an activating group) is 1. The van der Waals surface area contributed by atoms with Crippen LogP contribution in [-0.4, -0.2) is 19.6 Å². The lowest BCUT2D eigenvalue weighted by Crippen LogP contribution is -2.29. The Hall–Kier alpha value is -0.500. The van der Waals surface area contributed by atoms with E-state index in [-0.39, 0.29) is 0 Å². The summed E-state index contributed by atoms with van der Waals surface area (Å²) in [5.41, 5.74) is 1.28. The number of hydrogen-bond donors (Lipinski definition) is 2. The van der Waals surface area contributed by atoms with E-state index in [4.69, 9.17) is 0 Å². The van der Waals surface area contributed by atoms with Crippen LogP contribution in [0.4, 0.5) is 0 Å². The summed E-state index contributed by atoms with van der Waals surface area (Å²) in [6, 6.07) is 0.578. The summed E-state index contributed by atoms with van der Waals surface area (Å²) in [4.78, 5) is 0. The normalized spacial score (nSPS) is 14.7. The molecule has 11 heavy (non-hydrogen) atoms. The fraction of sp³-hybridized carbons (Fsp3) is 0.778. The van der Waals surface area contributed by atoms with Gasteiger partial charge in [-0.25, -0.2) is 0 Å². The fourth-order valence-electron chi connectivity index (χ4n) is 0.845. The van der Waals surface area contributed by atoms with Crippen LogP contribution in [0.1, 0.15) is 27.2 Å². The van der Waals surface area contributed by atoms with Gasteiger partial charge in [-0.05, 0) is 27.3 Å². The van der Waals surface area contributed by atoms with E-state index in [0.29, 0.717) is 6.04 Å². The smallest absolute Gasteiger partial charge is 0.0348 e. The Bertz CT molecular complexity index is 119. The van der Waals surface area contributed by atoms with Gasteiger partial charge in [0.05, 0.1) is 0 Å². The van der Waals surface area contributed by atoms with Crippen LogP contribution in [0.3, 0.4) is 0 Å². The van der Waals surface area contributed by atoms with Crippen molar-refractivity contribution < 1.29 is 0 Å². The van der Waals surface area contributed by atoms with Crippen molar-refractivity contribution in [1.82, 2.24) is 10.6 Å². The molecule has 0 heterocycles. The van der Waals surface area contributed by atoms with Crippen molar-refractivity contribution in [1.29, 1.82) is 0 Å². The van der Waals surface area contributed by atoms with Crippen molar-refractivity contribution in [3.8, 4) is 0 Å². The van der Waals surface area contributed by atoms with Gasteiger partial charge in [-0.2, -0.15) is 0 Å². The van der Waals surface area contributed by atoms with Crippen LogP contribution in [0.5, 0.6) is 0 Å². The van der Waals surface area contributed by atoms with E-state index >= 15 is 0 Å². The highest BCUT2D eigenvalue weighted by Crippen LogP contribution is 1.93. The maximum atomic E-state index is 3.42. The first-order valence-corrected chi connectivity index (χ1v) is 4.30. The summed E-state index contributed by atoms with van der Waals surface area (Å²) in [6.07, 6.45) is 3.28. The van der Waals surface area contributed by atoms with Gasteiger partial charge in [0.25, 0.3) is 0 Å². The number of hydrogen-bond acceptors (Lipinski definition) is 2. The first-order chi connectivity index (χ1) is 5.24.